The summed E-state index contributed by atoms with van der Waals surface area (Å²) in [5.74, 6) is 1.79. The highest BCUT2D eigenvalue weighted by Crippen LogP contribution is 2.26. The maximum atomic E-state index is 12.8. The van der Waals surface area contributed by atoms with Crippen LogP contribution < -0.4 is 0 Å². The molecule has 3 atom stereocenters. The molecule has 2 amide bonds. The summed E-state index contributed by atoms with van der Waals surface area (Å²) in [4.78, 5) is 33.4. The highest BCUT2D eigenvalue weighted by molar-refractivity contribution is 5.90. The molecule has 2 fully saturated rings. The Hall–Kier alpha value is -1.89. The Balaban J connectivity index is 1.45. The third kappa shape index (κ3) is 3.37. The highest BCUT2D eigenvalue weighted by Gasteiger charge is 2.34. The third-order valence-corrected chi connectivity index (χ3v) is 5.58. The fourth-order valence-corrected chi connectivity index (χ4v) is 4.42. The van der Waals surface area contributed by atoms with Gasteiger partial charge in [0.25, 0.3) is 11.8 Å². The summed E-state index contributed by atoms with van der Waals surface area (Å²) >= 11 is 0. The van der Waals surface area contributed by atoms with Crippen LogP contribution in [-0.2, 0) is 22.5 Å². The van der Waals surface area contributed by atoms with Crippen LogP contribution in [0.3, 0.4) is 0 Å². The van der Waals surface area contributed by atoms with Crippen molar-refractivity contribution in [1.29, 1.82) is 0 Å². The molecule has 142 valence electrons. The monoisotopic (exact) mass is 361 g/mol. The molecule has 7 heteroatoms. The van der Waals surface area contributed by atoms with Gasteiger partial charge in [0.15, 0.2) is 0 Å². The van der Waals surface area contributed by atoms with Gasteiger partial charge < -0.3 is 19.0 Å². The van der Waals surface area contributed by atoms with Crippen LogP contribution >= 0.6 is 0 Å². The molecular weight excluding hydrogens is 334 g/mol. The number of hydrogen-bond donors (Lipinski definition) is 0. The molecule has 0 saturated carbocycles. The Morgan fingerprint density at radius 1 is 1.15 bits per heavy atom. The predicted octanol–water partition coefficient (Wildman–Crippen LogP) is 1.86. The van der Waals surface area contributed by atoms with Crippen LogP contribution in [0, 0.1) is 11.8 Å². The molecule has 3 unspecified atom stereocenters. The molecule has 0 spiro atoms. The van der Waals surface area contributed by atoms with Gasteiger partial charge in [-0.2, -0.15) is 0 Å². The van der Waals surface area contributed by atoms with Crippen molar-refractivity contribution in [3.05, 3.63) is 17.3 Å². The maximum Gasteiger partial charge on any atom is 0.309 e. The molecule has 2 saturated heterocycles. The molecule has 0 bridgehead atoms. The smallest absolute Gasteiger partial charge is 0.309 e. The average Bonchev–Trinajstić information content (AvgIpc) is 3.28. The van der Waals surface area contributed by atoms with E-state index >= 15 is 0 Å². The molecule has 3 aliphatic rings. The summed E-state index contributed by atoms with van der Waals surface area (Å²) in [7, 11) is 0. The van der Waals surface area contributed by atoms with Gasteiger partial charge in [0.2, 0.25) is 0 Å². The number of hydrogen-bond acceptors (Lipinski definition) is 5. The van der Waals surface area contributed by atoms with Crippen molar-refractivity contribution in [2.45, 2.75) is 52.2 Å². The molecule has 7 nitrogen and oxygen atoms in total. The number of oxazole rings is 1. The fourth-order valence-electron chi connectivity index (χ4n) is 4.42. The van der Waals surface area contributed by atoms with E-state index < -0.39 is 0 Å². The minimum absolute atomic E-state index is 0.0303. The number of piperidine rings is 1. The van der Waals surface area contributed by atoms with E-state index in [-0.39, 0.29) is 23.8 Å². The van der Waals surface area contributed by atoms with E-state index in [4.69, 9.17) is 9.15 Å². The van der Waals surface area contributed by atoms with Crippen LogP contribution in [0.25, 0.3) is 0 Å². The fraction of sp³-hybridized carbons (Fsp3) is 0.737. The highest BCUT2D eigenvalue weighted by atomic mass is 16.5. The van der Waals surface area contributed by atoms with Gasteiger partial charge in [-0.3, -0.25) is 9.59 Å². The molecular formula is C19H27N3O4. The van der Waals surface area contributed by atoms with E-state index in [1.807, 2.05) is 4.90 Å². The first kappa shape index (κ1) is 17.5. The van der Waals surface area contributed by atoms with Crippen molar-refractivity contribution >= 4 is 11.8 Å². The van der Waals surface area contributed by atoms with Gasteiger partial charge in [0.1, 0.15) is 17.6 Å². The van der Waals surface area contributed by atoms with Crippen molar-refractivity contribution in [3.63, 3.8) is 0 Å². The van der Waals surface area contributed by atoms with Crippen LogP contribution in [0.1, 0.15) is 55.2 Å². The normalized spacial score (nSPS) is 28.9. The lowest BCUT2D eigenvalue weighted by molar-refractivity contribution is -0.142. The Labute approximate surface area is 153 Å². The molecule has 3 aliphatic heterocycles. The zero-order valence-corrected chi connectivity index (χ0v) is 15.6. The minimum atomic E-state index is -0.319. The average molecular weight is 361 g/mol. The van der Waals surface area contributed by atoms with Gasteiger partial charge in [-0.1, -0.05) is 13.8 Å². The van der Waals surface area contributed by atoms with Gasteiger partial charge in [0, 0.05) is 32.7 Å². The Kier molecular flexibility index (Phi) is 4.73. The van der Waals surface area contributed by atoms with Crippen molar-refractivity contribution in [2.75, 3.05) is 26.2 Å². The van der Waals surface area contributed by atoms with Crippen LogP contribution in [0.4, 0.5) is 0 Å². The summed E-state index contributed by atoms with van der Waals surface area (Å²) in [5, 5.41) is 0. The summed E-state index contributed by atoms with van der Waals surface area (Å²) in [6, 6.07) is 0. The first-order valence-electron chi connectivity index (χ1n) is 9.69. The van der Waals surface area contributed by atoms with E-state index in [0.29, 0.717) is 43.6 Å². The van der Waals surface area contributed by atoms with Crippen LogP contribution in [0.5, 0.6) is 0 Å². The molecule has 0 radical (unpaired) electrons. The largest absolute Gasteiger partial charge is 0.437 e. The van der Waals surface area contributed by atoms with Crippen molar-refractivity contribution < 1.29 is 18.7 Å². The summed E-state index contributed by atoms with van der Waals surface area (Å²) < 4.78 is 11.3. The number of nitrogens with zero attached hydrogens (tertiary/aromatic N) is 3. The van der Waals surface area contributed by atoms with Crippen LogP contribution in [0.2, 0.25) is 0 Å². The summed E-state index contributed by atoms with van der Waals surface area (Å²) in [6.45, 7) is 7.49. The maximum absolute atomic E-state index is 12.8. The van der Waals surface area contributed by atoms with Crippen molar-refractivity contribution in [2.24, 2.45) is 11.8 Å². The molecule has 1 aromatic rings. The summed E-state index contributed by atoms with van der Waals surface area (Å²) in [6.07, 6.45) is 3.15. The zero-order valence-electron chi connectivity index (χ0n) is 15.6. The second-order valence-electron chi connectivity index (χ2n) is 8.06. The molecule has 4 heterocycles. The van der Waals surface area contributed by atoms with Gasteiger partial charge in [-0.05, 0) is 31.1 Å². The van der Waals surface area contributed by atoms with Crippen LogP contribution in [0.15, 0.2) is 4.42 Å². The Bertz CT molecular complexity index is 685. The molecule has 26 heavy (non-hydrogen) atoms. The quantitative estimate of drug-likeness (QED) is 0.804. The lowest BCUT2D eigenvalue weighted by Crippen LogP contribution is -2.42. The number of rotatable bonds is 2. The van der Waals surface area contributed by atoms with E-state index in [0.717, 1.165) is 38.1 Å². The number of likely N-dealkylation sites (tertiary alicyclic amines) is 1. The van der Waals surface area contributed by atoms with Crippen LogP contribution in [-0.4, -0.2) is 58.9 Å². The minimum Gasteiger partial charge on any atom is -0.437 e. The van der Waals surface area contributed by atoms with E-state index in [9.17, 15) is 9.59 Å². The number of carbonyl (C=O) groups excluding carboxylic acids is 2. The van der Waals surface area contributed by atoms with Crippen molar-refractivity contribution in [1.82, 2.24) is 14.8 Å². The van der Waals surface area contributed by atoms with Gasteiger partial charge in [-0.25, -0.2) is 4.98 Å². The first-order chi connectivity index (χ1) is 12.5. The second kappa shape index (κ2) is 7.02. The third-order valence-electron chi connectivity index (χ3n) is 5.58. The predicted molar refractivity (Wildman–Crippen MR) is 93.4 cm³/mol. The topological polar surface area (TPSA) is 75.9 Å². The lowest BCUT2D eigenvalue weighted by Gasteiger charge is -2.34. The number of amides is 2. The number of aromatic nitrogens is 1. The molecule has 0 aliphatic carbocycles. The number of carbonyl (C=O) groups is 2. The summed E-state index contributed by atoms with van der Waals surface area (Å²) in [5.41, 5.74) is 0.712. The second-order valence-corrected chi connectivity index (χ2v) is 8.06. The zero-order chi connectivity index (χ0) is 18.3. The molecule has 0 N–H and O–H groups in total. The molecule has 4 rings (SSSR count). The SMILES string of the molecule is CC1CC(C)CN(C(=O)c2nc3c(o2)CCN(C(=O)C2CCCO2)C3)C1. The first-order valence-corrected chi connectivity index (χ1v) is 9.69. The molecule has 0 aromatic carbocycles. The lowest BCUT2D eigenvalue weighted by atomic mass is 9.92. The van der Waals surface area contributed by atoms with Gasteiger partial charge >= 0.3 is 5.91 Å². The van der Waals surface area contributed by atoms with E-state index in [1.54, 1.807) is 4.90 Å². The standard InChI is InChI=1S/C19H27N3O4/c1-12-8-13(2)10-22(9-12)19(24)17-20-14-11-21(6-5-15(14)26-17)18(23)16-4-3-7-25-16/h12-13,16H,3-11H2,1-2H3. The number of fused-ring (bicyclic) bond motifs is 1. The Morgan fingerprint density at radius 2 is 1.92 bits per heavy atom. The van der Waals surface area contributed by atoms with Crippen molar-refractivity contribution in [3.8, 4) is 0 Å². The number of ether oxygens (including phenoxy) is 1. The Morgan fingerprint density at radius 3 is 2.62 bits per heavy atom. The van der Waals surface area contributed by atoms with Gasteiger partial charge in [-0.15, -0.1) is 0 Å². The molecule has 1 aromatic heterocycles. The van der Waals surface area contributed by atoms with E-state index in [2.05, 4.69) is 18.8 Å². The van der Waals surface area contributed by atoms with Gasteiger partial charge in [0.05, 0.1) is 6.54 Å². The van der Waals surface area contributed by atoms with E-state index in [1.165, 1.54) is 0 Å².